The van der Waals surface area contributed by atoms with Crippen molar-refractivity contribution in [1.82, 2.24) is 29.4 Å². The fourth-order valence-electron chi connectivity index (χ4n) is 4.03. The third-order valence-corrected chi connectivity index (χ3v) is 5.83. The number of nitrogens with zero attached hydrogens (tertiary/aromatic N) is 4. The maximum Gasteiger partial charge on any atom is 0.352 e. The smallest absolute Gasteiger partial charge is 0.350 e. The first-order valence-electron chi connectivity index (χ1n) is 11.9. The normalized spacial score (nSPS) is 11.5. The van der Waals surface area contributed by atoms with Gasteiger partial charge in [-0.05, 0) is 58.4 Å². The maximum atomic E-state index is 13.4. The van der Waals surface area contributed by atoms with Crippen LogP contribution in [0.3, 0.4) is 0 Å². The van der Waals surface area contributed by atoms with Gasteiger partial charge in [-0.25, -0.2) is 13.9 Å². The van der Waals surface area contributed by atoms with Crippen LogP contribution >= 0.6 is 0 Å². The van der Waals surface area contributed by atoms with E-state index in [4.69, 9.17) is 0 Å². The van der Waals surface area contributed by atoms with Gasteiger partial charge in [0.25, 0.3) is 11.5 Å². The van der Waals surface area contributed by atoms with E-state index in [0.29, 0.717) is 12.1 Å². The van der Waals surface area contributed by atoms with Crippen LogP contribution in [0.25, 0.3) is 16.7 Å². The average Bonchev–Trinajstić information content (AvgIpc) is 3.13. The minimum atomic E-state index is -0.573. The molecule has 0 aliphatic rings. The lowest BCUT2D eigenvalue weighted by molar-refractivity contribution is -0.122. The molecule has 2 N–H and O–H groups in total. The molecule has 4 rings (SSSR count). The number of aryl methyl sites for hydroxylation is 1. The van der Waals surface area contributed by atoms with E-state index in [9.17, 15) is 19.2 Å². The summed E-state index contributed by atoms with van der Waals surface area (Å²) in [5, 5.41) is 10.2. The van der Waals surface area contributed by atoms with Crippen LogP contribution in [0, 0.1) is 6.92 Å². The van der Waals surface area contributed by atoms with Gasteiger partial charge in [0.1, 0.15) is 6.54 Å². The zero-order valence-corrected chi connectivity index (χ0v) is 21.0. The molecule has 0 radical (unpaired) electrons. The summed E-state index contributed by atoms with van der Waals surface area (Å²) >= 11 is 0. The second-order valence-corrected chi connectivity index (χ2v) is 9.47. The third kappa shape index (κ3) is 4.79. The van der Waals surface area contributed by atoms with Crippen LogP contribution < -0.4 is 21.9 Å². The lowest BCUT2D eigenvalue weighted by Crippen LogP contribution is -2.33. The standard InChI is InChI=1S/C26H30N6O4/c1-15(2)28-23(34)19-10-11-20-21(12-19)32-25(31(16(3)4)24(20)35)29-30(26(32)36)14-22(33)27-13-18-8-6-17(5)7-9-18/h6-12,15-16H,13-14H2,1-5H3,(H,27,33)(H,28,34). The molecule has 0 bridgehead atoms. The van der Waals surface area contributed by atoms with E-state index in [1.807, 2.05) is 58.9 Å². The minimum Gasteiger partial charge on any atom is -0.350 e. The zero-order chi connectivity index (χ0) is 26.1. The van der Waals surface area contributed by atoms with E-state index in [0.717, 1.165) is 15.8 Å². The minimum absolute atomic E-state index is 0.0777. The number of aromatic nitrogens is 4. The van der Waals surface area contributed by atoms with Gasteiger partial charge in [-0.2, -0.15) is 0 Å². The quantitative estimate of drug-likeness (QED) is 0.411. The third-order valence-electron chi connectivity index (χ3n) is 5.83. The van der Waals surface area contributed by atoms with Gasteiger partial charge in [-0.3, -0.25) is 19.0 Å². The molecule has 10 nitrogen and oxygen atoms in total. The summed E-state index contributed by atoms with van der Waals surface area (Å²) in [6.07, 6.45) is 0. The van der Waals surface area contributed by atoms with Gasteiger partial charge in [-0.1, -0.05) is 29.8 Å². The van der Waals surface area contributed by atoms with E-state index < -0.39 is 5.69 Å². The molecule has 0 aliphatic heterocycles. The van der Waals surface area contributed by atoms with Crippen LogP contribution in [0.1, 0.15) is 55.2 Å². The second-order valence-electron chi connectivity index (χ2n) is 9.47. The molecule has 0 atom stereocenters. The van der Waals surface area contributed by atoms with E-state index in [1.54, 1.807) is 12.1 Å². The van der Waals surface area contributed by atoms with Gasteiger partial charge in [-0.15, -0.1) is 5.10 Å². The molecule has 2 aromatic heterocycles. The predicted molar refractivity (Wildman–Crippen MR) is 137 cm³/mol. The van der Waals surface area contributed by atoms with Crippen LogP contribution in [0.4, 0.5) is 0 Å². The molecular formula is C26H30N6O4. The van der Waals surface area contributed by atoms with Crippen LogP contribution in [0.15, 0.2) is 52.1 Å². The Labute approximate surface area is 207 Å². The van der Waals surface area contributed by atoms with Gasteiger partial charge in [0.2, 0.25) is 11.7 Å². The highest BCUT2D eigenvalue weighted by molar-refractivity contribution is 5.98. The predicted octanol–water partition coefficient (Wildman–Crippen LogP) is 2.15. The summed E-state index contributed by atoms with van der Waals surface area (Å²) in [6, 6.07) is 12.0. The number of nitrogens with one attached hydrogen (secondary N) is 2. The van der Waals surface area contributed by atoms with E-state index in [-0.39, 0.29) is 52.7 Å². The molecule has 2 heterocycles. The van der Waals surface area contributed by atoms with Crippen molar-refractivity contribution in [3.8, 4) is 0 Å². The Morgan fingerprint density at radius 3 is 2.33 bits per heavy atom. The van der Waals surface area contributed by atoms with Crippen LogP contribution in [0.2, 0.25) is 0 Å². The van der Waals surface area contributed by atoms with Crippen molar-refractivity contribution in [3.05, 3.63) is 80.0 Å². The second kappa shape index (κ2) is 9.80. The van der Waals surface area contributed by atoms with Crippen LogP contribution in [-0.4, -0.2) is 36.6 Å². The number of hydrogen-bond donors (Lipinski definition) is 2. The van der Waals surface area contributed by atoms with Gasteiger partial charge in [0, 0.05) is 24.2 Å². The van der Waals surface area contributed by atoms with Crippen molar-refractivity contribution in [3.63, 3.8) is 0 Å². The fraction of sp³-hybridized carbons (Fsp3) is 0.346. The molecule has 36 heavy (non-hydrogen) atoms. The molecule has 0 aliphatic carbocycles. The van der Waals surface area contributed by atoms with Crippen molar-refractivity contribution in [2.45, 2.75) is 59.8 Å². The monoisotopic (exact) mass is 490 g/mol. The number of carbonyl (C=O) groups excluding carboxylic acids is 2. The Hall–Kier alpha value is -4.21. The summed E-state index contributed by atoms with van der Waals surface area (Å²) in [5.74, 6) is -0.593. The number of rotatable bonds is 7. The van der Waals surface area contributed by atoms with Gasteiger partial charge >= 0.3 is 5.69 Å². The number of carbonyl (C=O) groups is 2. The Bertz CT molecular complexity index is 1570. The average molecular weight is 491 g/mol. The van der Waals surface area contributed by atoms with Gasteiger partial charge < -0.3 is 10.6 Å². The fourth-order valence-corrected chi connectivity index (χ4v) is 4.03. The van der Waals surface area contributed by atoms with E-state index in [2.05, 4.69) is 15.7 Å². The Balaban J connectivity index is 1.76. The molecule has 0 saturated carbocycles. The van der Waals surface area contributed by atoms with Crippen molar-refractivity contribution in [1.29, 1.82) is 0 Å². The molecule has 2 aromatic carbocycles. The molecule has 2 amide bonds. The Kier molecular flexibility index (Phi) is 6.78. The Morgan fingerprint density at radius 1 is 1.00 bits per heavy atom. The first kappa shape index (κ1) is 24.9. The molecule has 0 fully saturated rings. The van der Waals surface area contributed by atoms with E-state index >= 15 is 0 Å². The van der Waals surface area contributed by atoms with Crippen molar-refractivity contribution in [2.75, 3.05) is 0 Å². The van der Waals surface area contributed by atoms with Crippen molar-refractivity contribution in [2.24, 2.45) is 0 Å². The number of fused-ring (bicyclic) bond motifs is 3. The van der Waals surface area contributed by atoms with Gasteiger partial charge in [0.05, 0.1) is 10.9 Å². The molecule has 4 aromatic rings. The number of hydrogen-bond acceptors (Lipinski definition) is 5. The highest BCUT2D eigenvalue weighted by Gasteiger charge is 2.21. The van der Waals surface area contributed by atoms with Gasteiger partial charge in [0.15, 0.2) is 0 Å². The molecule has 0 unspecified atom stereocenters. The van der Waals surface area contributed by atoms with Crippen LogP contribution in [0.5, 0.6) is 0 Å². The SMILES string of the molecule is Cc1ccc(CNC(=O)Cn2nc3n(C(C)C)c(=O)c4ccc(C(=O)NC(C)C)cc4n3c2=O)cc1. The first-order valence-corrected chi connectivity index (χ1v) is 11.9. The Morgan fingerprint density at radius 2 is 1.69 bits per heavy atom. The molecule has 188 valence electrons. The van der Waals surface area contributed by atoms with Crippen molar-refractivity contribution < 1.29 is 9.59 Å². The summed E-state index contributed by atoms with van der Waals surface area (Å²) in [7, 11) is 0. The summed E-state index contributed by atoms with van der Waals surface area (Å²) < 4.78 is 3.74. The summed E-state index contributed by atoms with van der Waals surface area (Å²) in [4.78, 5) is 51.9. The van der Waals surface area contributed by atoms with Crippen molar-refractivity contribution >= 4 is 28.5 Å². The maximum absolute atomic E-state index is 13.4. The summed E-state index contributed by atoms with van der Waals surface area (Å²) in [5.41, 5.74) is 1.73. The largest absolute Gasteiger partial charge is 0.352 e. The summed E-state index contributed by atoms with van der Waals surface area (Å²) in [6.45, 7) is 9.31. The first-order chi connectivity index (χ1) is 17.1. The zero-order valence-electron chi connectivity index (χ0n) is 21.0. The number of benzene rings is 2. The molecule has 0 saturated heterocycles. The topological polar surface area (TPSA) is 120 Å². The molecule has 0 spiro atoms. The highest BCUT2D eigenvalue weighted by atomic mass is 16.2. The lowest BCUT2D eigenvalue weighted by Gasteiger charge is -2.13. The highest BCUT2D eigenvalue weighted by Crippen LogP contribution is 2.16. The van der Waals surface area contributed by atoms with E-state index in [1.165, 1.54) is 15.0 Å². The lowest BCUT2D eigenvalue weighted by atomic mass is 10.1. The molecular weight excluding hydrogens is 460 g/mol. The van der Waals surface area contributed by atoms with Crippen LogP contribution in [-0.2, 0) is 17.9 Å². The molecule has 10 heteroatoms. The number of amides is 2.